The van der Waals surface area contributed by atoms with E-state index in [1.807, 2.05) is 0 Å². The average Bonchev–Trinajstić information content (AvgIpc) is 2.71. The van der Waals surface area contributed by atoms with Gasteiger partial charge >= 0.3 is 0 Å². The highest BCUT2D eigenvalue weighted by atomic mass is 16.6. The molecule has 2 atom stereocenters. The van der Waals surface area contributed by atoms with Crippen LogP contribution in [0.3, 0.4) is 0 Å². The van der Waals surface area contributed by atoms with Gasteiger partial charge in [-0.05, 0) is 29.8 Å². The number of phenols is 1. The number of para-hydroxylation sites is 1. The van der Waals surface area contributed by atoms with Gasteiger partial charge < -0.3 is 39.0 Å². The molecule has 0 amide bonds. The molecule has 0 bridgehead atoms. The molecular weight excluding hydrogens is 356 g/mol. The Bertz CT molecular complexity index is 714. The maximum atomic E-state index is 10.7. The van der Waals surface area contributed by atoms with Crippen LogP contribution in [0.5, 0.6) is 34.5 Å². The Morgan fingerprint density at radius 2 is 1.33 bits per heavy atom. The van der Waals surface area contributed by atoms with Crippen LogP contribution in [-0.2, 0) is 0 Å². The highest BCUT2D eigenvalue weighted by Gasteiger charge is 2.27. The summed E-state index contributed by atoms with van der Waals surface area (Å²) in [6.45, 7) is -0.492. The molecule has 2 unspecified atom stereocenters. The maximum Gasteiger partial charge on any atom is 0.203 e. The van der Waals surface area contributed by atoms with Gasteiger partial charge in [0.25, 0.3) is 0 Å². The van der Waals surface area contributed by atoms with Crippen molar-refractivity contribution >= 4 is 0 Å². The Morgan fingerprint density at radius 3 is 1.74 bits per heavy atom. The Hall–Kier alpha value is -2.84. The molecule has 8 heteroatoms. The van der Waals surface area contributed by atoms with Gasteiger partial charge in [0.05, 0.1) is 35.0 Å². The van der Waals surface area contributed by atoms with Crippen molar-refractivity contribution in [1.29, 1.82) is 0 Å². The van der Waals surface area contributed by atoms with Crippen LogP contribution < -0.4 is 23.7 Å². The van der Waals surface area contributed by atoms with Crippen LogP contribution in [0, 0.1) is 0 Å². The topological polar surface area (TPSA) is 107 Å². The van der Waals surface area contributed by atoms with E-state index in [0.717, 1.165) is 0 Å². The van der Waals surface area contributed by atoms with Crippen LogP contribution >= 0.6 is 0 Å². The fourth-order valence-corrected chi connectivity index (χ4v) is 2.59. The smallest absolute Gasteiger partial charge is 0.203 e. The Balaban J connectivity index is 2.39. The zero-order chi connectivity index (χ0) is 20.0. The summed E-state index contributed by atoms with van der Waals surface area (Å²) in [7, 11) is 5.71. The molecule has 2 aromatic carbocycles. The second-order valence-corrected chi connectivity index (χ2v) is 5.55. The first-order chi connectivity index (χ1) is 13.0. The van der Waals surface area contributed by atoms with Crippen LogP contribution in [-0.4, -0.2) is 56.5 Å². The Labute approximate surface area is 157 Å². The summed E-state index contributed by atoms with van der Waals surface area (Å²) in [6, 6.07) is 7.95. The van der Waals surface area contributed by atoms with E-state index in [1.54, 1.807) is 18.2 Å². The Kier molecular flexibility index (Phi) is 6.98. The van der Waals surface area contributed by atoms with Crippen LogP contribution in [0.2, 0.25) is 0 Å². The Morgan fingerprint density at radius 1 is 0.852 bits per heavy atom. The molecule has 8 nitrogen and oxygen atoms in total. The lowest BCUT2D eigenvalue weighted by molar-refractivity contribution is -0.00184. The van der Waals surface area contributed by atoms with Gasteiger partial charge in [0.1, 0.15) is 6.10 Å². The minimum absolute atomic E-state index is 0.120. The lowest BCUT2D eigenvalue weighted by atomic mass is 10.0. The van der Waals surface area contributed by atoms with E-state index in [0.29, 0.717) is 17.1 Å². The standard InChI is InChI=1S/C19H24O8/c1-23-12-6-5-7-13(24-2)19(12)27-16(10-20)17(21)11-8-14(25-3)18(22)15(9-11)26-4/h5-9,16-17,20-22H,10H2,1-4H3. The normalized spacial score (nSPS) is 12.8. The molecule has 0 aliphatic carbocycles. The quantitative estimate of drug-likeness (QED) is 0.606. The number of methoxy groups -OCH3 is 4. The second kappa shape index (κ2) is 9.20. The van der Waals surface area contributed by atoms with Gasteiger partial charge in [0.2, 0.25) is 11.5 Å². The maximum absolute atomic E-state index is 10.7. The van der Waals surface area contributed by atoms with Crippen molar-refractivity contribution in [2.75, 3.05) is 35.0 Å². The van der Waals surface area contributed by atoms with E-state index >= 15 is 0 Å². The SMILES string of the molecule is COc1cc(C(O)C(CO)Oc2c(OC)cccc2OC)cc(OC)c1O. The van der Waals surface area contributed by atoms with Gasteiger partial charge in [-0.2, -0.15) is 0 Å². The number of hydrogen-bond acceptors (Lipinski definition) is 8. The number of aliphatic hydroxyl groups is 2. The predicted octanol–water partition coefficient (Wildman–Crippen LogP) is 1.90. The molecule has 0 radical (unpaired) electrons. The van der Waals surface area contributed by atoms with E-state index in [9.17, 15) is 15.3 Å². The third-order valence-corrected chi connectivity index (χ3v) is 4.03. The first-order valence-electron chi connectivity index (χ1n) is 8.12. The molecule has 0 aliphatic rings. The largest absolute Gasteiger partial charge is 0.502 e. The number of aromatic hydroxyl groups is 1. The molecule has 0 aliphatic heterocycles. The number of aliphatic hydroxyl groups excluding tert-OH is 2. The summed E-state index contributed by atoms with van der Waals surface area (Å²) in [5.41, 5.74) is 0.328. The lowest BCUT2D eigenvalue weighted by Gasteiger charge is -2.25. The lowest BCUT2D eigenvalue weighted by Crippen LogP contribution is -2.29. The first kappa shape index (κ1) is 20.5. The van der Waals surface area contributed by atoms with E-state index in [4.69, 9.17) is 23.7 Å². The van der Waals surface area contributed by atoms with Crippen molar-refractivity contribution in [1.82, 2.24) is 0 Å². The van der Waals surface area contributed by atoms with Crippen LogP contribution in [0.1, 0.15) is 11.7 Å². The molecule has 3 N–H and O–H groups in total. The minimum Gasteiger partial charge on any atom is -0.502 e. The molecule has 0 aromatic heterocycles. The number of ether oxygens (including phenoxy) is 5. The molecular formula is C19H24O8. The molecule has 0 saturated carbocycles. The third kappa shape index (κ3) is 4.29. The van der Waals surface area contributed by atoms with Crippen molar-refractivity contribution in [3.05, 3.63) is 35.9 Å². The number of benzene rings is 2. The predicted molar refractivity (Wildman–Crippen MR) is 97.2 cm³/mol. The summed E-state index contributed by atoms with van der Waals surface area (Å²) in [5, 5.41) is 30.5. The molecule has 27 heavy (non-hydrogen) atoms. The van der Waals surface area contributed by atoms with Gasteiger partial charge in [-0.25, -0.2) is 0 Å². The number of hydrogen-bond donors (Lipinski definition) is 3. The fourth-order valence-electron chi connectivity index (χ4n) is 2.59. The van der Waals surface area contributed by atoms with Gasteiger partial charge in [-0.3, -0.25) is 0 Å². The molecule has 0 heterocycles. The summed E-state index contributed by atoms with van der Waals surface area (Å²) < 4.78 is 26.5. The van der Waals surface area contributed by atoms with Crippen LogP contribution in [0.15, 0.2) is 30.3 Å². The van der Waals surface area contributed by atoms with Crippen LogP contribution in [0.4, 0.5) is 0 Å². The van der Waals surface area contributed by atoms with Crippen molar-refractivity contribution in [3.63, 3.8) is 0 Å². The van der Waals surface area contributed by atoms with Crippen molar-refractivity contribution in [2.24, 2.45) is 0 Å². The number of phenolic OH excluding ortho intramolecular Hbond substituents is 1. The monoisotopic (exact) mass is 380 g/mol. The molecule has 0 spiro atoms. The summed E-state index contributed by atoms with van der Waals surface area (Å²) >= 11 is 0. The summed E-state index contributed by atoms with van der Waals surface area (Å²) in [5.74, 6) is 1.08. The average molecular weight is 380 g/mol. The third-order valence-electron chi connectivity index (χ3n) is 4.03. The van der Waals surface area contributed by atoms with E-state index in [2.05, 4.69) is 0 Å². The highest BCUT2D eigenvalue weighted by Crippen LogP contribution is 2.41. The minimum atomic E-state index is -1.26. The molecule has 148 valence electrons. The van der Waals surface area contributed by atoms with Crippen LogP contribution in [0.25, 0.3) is 0 Å². The number of rotatable bonds is 9. The van der Waals surface area contributed by atoms with Gasteiger partial charge in [0.15, 0.2) is 29.1 Å². The van der Waals surface area contributed by atoms with Gasteiger partial charge in [-0.15, -0.1) is 0 Å². The zero-order valence-electron chi connectivity index (χ0n) is 15.6. The highest BCUT2D eigenvalue weighted by molar-refractivity contribution is 5.54. The molecule has 0 fully saturated rings. The van der Waals surface area contributed by atoms with E-state index < -0.39 is 18.8 Å². The van der Waals surface area contributed by atoms with Gasteiger partial charge in [-0.1, -0.05) is 6.07 Å². The zero-order valence-corrected chi connectivity index (χ0v) is 15.6. The van der Waals surface area contributed by atoms with Gasteiger partial charge in [0, 0.05) is 0 Å². The van der Waals surface area contributed by atoms with Crippen molar-refractivity contribution < 1.29 is 39.0 Å². The second-order valence-electron chi connectivity index (χ2n) is 5.55. The van der Waals surface area contributed by atoms with Crippen molar-refractivity contribution in [3.8, 4) is 34.5 Å². The summed E-state index contributed by atoms with van der Waals surface area (Å²) in [6.07, 6.45) is -2.30. The summed E-state index contributed by atoms with van der Waals surface area (Å²) in [4.78, 5) is 0. The molecule has 0 saturated heterocycles. The fraction of sp³-hybridized carbons (Fsp3) is 0.368. The molecule has 2 aromatic rings. The van der Waals surface area contributed by atoms with E-state index in [-0.39, 0.29) is 23.0 Å². The van der Waals surface area contributed by atoms with E-state index in [1.165, 1.54) is 40.6 Å². The first-order valence-corrected chi connectivity index (χ1v) is 8.12. The molecule has 2 rings (SSSR count). The van der Waals surface area contributed by atoms with Crippen molar-refractivity contribution in [2.45, 2.75) is 12.2 Å².